The van der Waals surface area contributed by atoms with E-state index in [1.807, 2.05) is 0 Å². The number of hydrogen-bond donors (Lipinski definition) is 0. The Morgan fingerprint density at radius 3 is 0.982 bits per heavy atom. The van der Waals surface area contributed by atoms with Gasteiger partial charge in [-0.25, -0.2) is 0 Å². The predicted octanol–water partition coefficient (Wildman–Crippen LogP) is 26.8. The molecule has 0 atom stereocenters. The number of fused-ring (bicyclic) bond motifs is 12. The van der Waals surface area contributed by atoms with Gasteiger partial charge in [0.1, 0.15) is 0 Å². The molecule has 14 aromatic carbocycles. The standard InChI is InChI=1S/C106H95BN4/c1-101(2,3)76-39-52-94-84(59-76)85-60-77(102(4,5)6)40-53-95(85)111(94)81-62-98-100-99(63-81)109(79-43-32-70(33-44-79)74-35-47-87-89(57-74)106(13,14)65-104(87,9)10)97-61-80(110-92-50-37-71(66-24-18-15-19-25-66)54-82(92)83-55-72(38-51-93(83)110)67-26-20-16-21-27-67)45-49-91(97)107(100)90-48-36-75(68-28-22-17-23-29-68)58-96(90)108(98)78-41-30-69(31-42-78)73-34-46-86-88(56-73)105(11,12)64-103(86,7)8/h15-63H,64-65H2,1-14H3. The quantitative estimate of drug-likeness (QED) is 0.134. The Labute approximate surface area is 655 Å². The first kappa shape index (κ1) is 68.6. The minimum atomic E-state index is -0.182. The zero-order valence-corrected chi connectivity index (χ0v) is 66.6. The third-order valence-electron chi connectivity index (χ3n) is 25.8. The molecule has 0 radical (unpaired) electrons. The Balaban J connectivity index is 0.874. The van der Waals surface area contributed by atoms with Gasteiger partial charge in [-0.3, -0.25) is 0 Å². The lowest BCUT2D eigenvalue weighted by molar-refractivity contribution is 0.402. The van der Waals surface area contributed by atoms with Crippen LogP contribution >= 0.6 is 0 Å². The molecule has 4 heterocycles. The van der Waals surface area contributed by atoms with Gasteiger partial charge in [-0.2, -0.15) is 0 Å². The Hall–Kier alpha value is -11.7. The molecule has 16 aromatic rings. The first-order valence-corrected chi connectivity index (χ1v) is 40.1. The molecule has 0 unspecified atom stereocenters. The summed E-state index contributed by atoms with van der Waals surface area (Å²) >= 11 is 0. The van der Waals surface area contributed by atoms with Crippen molar-refractivity contribution in [2.75, 3.05) is 9.80 Å². The molecule has 2 aromatic heterocycles. The fourth-order valence-electron chi connectivity index (χ4n) is 20.7. The molecule has 0 amide bonds. The zero-order valence-electron chi connectivity index (χ0n) is 66.6. The van der Waals surface area contributed by atoms with E-state index in [-0.39, 0.29) is 39.2 Å². The summed E-state index contributed by atoms with van der Waals surface area (Å²) in [5.41, 5.74) is 38.2. The highest BCUT2D eigenvalue weighted by atomic mass is 15.2. The van der Waals surface area contributed by atoms with E-state index < -0.39 is 0 Å². The average molecular weight is 1440 g/mol. The van der Waals surface area contributed by atoms with Gasteiger partial charge in [-0.15, -0.1) is 0 Å². The zero-order chi connectivity index (χ0) is 76.2. The lowest BCUT2D eigenvalue weighted by atomic mass is 9.33. The summed E-state index contributed by atoms with van der Waals surface area (Å²) in [5.74, 6) is 0. The highest BCUT2D eigenvalue weighted by molar-refractivity contribution is 7.00. The number of anilines is 6. The van der Waals surface area contributed by atoms with Crippen molar-refractivity contribution in [3.8, 4) is 67.0 Å². The highest BCUT2D eigenvalue weighted by Crippen LogP contribution is 2.54. The topological polar surface area (TPSA) is 16.3 Å². The molecule has 0 saturated carbocycles. The summed E-state index contributed by atoms with van der Waals surface area (Å²) in [4.78, 5) is 5.28. The minimum absolute atomic E-state index is 0.0597. The van der Waals surface area contributed by atoms with E-state index in [1.165, 1.54) is 138 Å². The molecule has 0 fully saturated rings. The summed E-state index contributed by atoms with van der Waals surface area (Å²) in [6.45, 7) is 33.3. The lowest BCUT2D eigenvalue weighted by Crippen LogP contribution is -2.61. The minimum Gasteiger partial charge on any atom is -0.311 e. The van der Waals surface area contributed by atoms with Crippen LogP contribution in [0.5, 0.6) is 0 Å². The molecule has 5 heteroatoms. The molecule has 0 bridgehead atoms. The van der Waals surface area contributed by atoms with E-state index in [2.05, 4.69) is 413 Å². The fourth-order valence-corrected chi connectivity index (χ4v) is 20.7. The second kappa shape index (κ2) is 24.4. The normalized spacial score (nSPS) is 15.6. The number of rotatable bonds is 9. The molecule has 0 saturated heterocycles. The maximum absolute atomic E-state index is 2.65. The van der Waals surface area contributed by atoms with Crippen molar-refractivity contribution in [1.29, 1.82) is 0 Å². The molecular weight excluding hydrogens is 1340 g/mol. The van der Waals surface area contributed by atoms with Crippen LogP contribution in [0, 0.1) is 0 Å². The van der Waals surface area contributed by atoms with Gasteiger partial charge >= 0.3 is 0 Å². The smallest absolute Gasteiger partial charge is 0.252 e. The van der Waals surface area contributed by atoms with Gasteiger partial charge in [0.25, 0.3) is 6.71 Å². The van der Waals surface area contributed by atoms with Crippen LogP contribution < -0.4 is 26.2 Å². The van der Waals surface area contributed by atoms with Crippen LogP contribution in [0.4, 0.5) is 34.1 Å². The first-order chi connectivity index (χ1) is 53.2. The molecule has 2 aliphatic heterocycles. The number of aromatic nitrogens is 2. The van der Waals surface area contributed by atoms with Crippen LogP contribution in [-0.2, 0) is 32.5 Å². The van der Waals surface area contributed by atoms with E-state index >= 15 is 0 Å². The van der Waals surface area contributed by atoms with Crippen molar-refractivity contribution >= 4 is 101 Å². The SMILES string of the molecule is CC(C)(C)c1ccc2c(c1)c1cc(C(C)(C)C)ccc1n2-c1cc2c3c(c1)N(c1ccc(-c4ccc5c(c4)C(C)(C)CC5(C)C)cc1)c1cc(-n4c5ccc(-c6ccccc6)cc5c5cc(-c6ccccc6)ccc54)ccc1B3c1ccc(-c3ccccc3)cc1N2c1ccc(-c2ccc3c(c2)C(C)(C)CC3(C)C)cc1. The van der Waals surface area contributed by atoms with Crippen LogP contribution in [0.15, 0.2) is 297 Å². The van der Waals surface area contributed by atoms with Crippen molar-refractivity contribution in [1.82, 2.24) is 9.13 Å². The molecule has 111 heavy (non-hydrogen) atoms. The summed E-state index contributed by atoms with van der Waals surface area (Å²) in [7, 11) is 0. The second-order valence-electron chi connectivity index (χ2n) is 37.2. The molecule has 542 valence electrons. The lowest BCUT2D eigenvalue weighted by Gasteiger charge is -2.44. The van der Waals surface area contributed by atoms with Crippen LogP contribution in [0.2, 0.25) is 0 Å². The third kappa shape index (κ3) is 11.0. The summed E-state index contributed by atoms with van der Waals surface area (Å²) in [6.07, 6.45) is 2.25. The summed E-state index contributed by atoms with van der Waals surface area (Å²) in [5, 5.41) is 4.95. The van der Waals surface area contributed by atoms with Gasteiger partial charge in [0, 0.05) is 61.4 Å². The van der Waals surface area contributed by atoms with Crippen molar-refractivity contribution in [3.05, 3.63) is 331 Å². The van der Waals surface area contributed by atoms with E-state index in [0.29, 0.717) is 0 Å². The van der Waals surface area contributed by atoms with Gasteiger partial charge in [0.2, 0.25) is 0 Å². The van der Waals surface area contributed by atoms with E-state index in [9.17, 15) is 0 Å². The van der Waals surface area contributed by atoms with Gasteiger partial charge in [-0.05, 0) is 254 Å². The molecule has 0 spiro atoms. The fraction of sp³-hybridized carbons (Fsp3) is 0.208. The molecule has 0 N–H and O–H groups in total. The largest absolute Gasteiger partial charge is 0.311 e. The van der Waals surface area contributed by atoms with Crippen molar-refractivity contribution in [3.63, 3.8) is 0 Å². The average Bonchev–Trinajstić information content (AvgIpc) is 0.861. The van der Waals surface area contributed by atoms with Gasteiger partial charge < -0.3 is 18.9 Å². The van der Waals surface area contributed by atoms with Gasteiger partial charge in [0.05, 0.1) is 27.8 Å². The van der Waals surface area contributed by atoms with Crippen LogP contribution in [0.25, 0.3) is 111 Å². The van der Waals surface area contributed by atoms with Crippen molar-refractivity contribution in [2.45, 2.75) is 142 Å². The Morgan fingerprint density at radius 2 is 0.559 bits per heavy atom. The third-order valence-corrected chi connectivity index (χ3v) is 25.8. The van der Waals surface area contributed by atoms with Crippen LogP contribution in [0.3, 0.4) is 0 Å². The van der Waals surface area contributed by atoms with Crippen molar-refractivity contribution < 1.29 is 0 Å². The molecule has 4 nitrogen and oxygen atoms in total. The molecular formula is C106H95BN4. The second-order valence-corrected chi connectivity index (χ2v) is 37.2. The highest BCUT2D eigenvalue weighted by Gasteiger charge is 2.46. The number of hydrogen-bond acceptors (Lipinski definition) is 2. The van der Waals surface area contributed by atoms with Gasteiger partial charge in [0.15, 0.2) is 0 Å². The summed E-state index contributed by atoms with van der Waals surface area (Å²) in [6, 6.07) is 115. The number of benzene rings is 14. The molecule has 20 rings (SSSR count). The van der Waals surface area contributed by atoms with Gasteiger partial charge in [-0.1, -0.05) is 291 Å². The van der Waals surface area contributed by atoms with Crippen LogP contribution in [0.1, 0.15) is 143 Å². The maximum Gasteiger partial charge on any atom is 0.252 e. The van der Waals surface area contributed by atoms with Crippen LogP contribution in [-0.4, -0.2) is 15.8 Å². The van der Waals surface area contributed by atoms with E-state index in [1.54, 1.807) is 0 Å². The Morgan fingerprint density at radius 1 is 0.252 bits per heavy atom. The first-order valence-electron chi connectivity index (χ1n) is 40.1. The maximum atomic E-state index is 2.65. The van der Waals surface area contributed by atoms with E-state index in [0.717, 1.165) is 69.4 Å². The van der Waals surface area contributed by atoms with E-state index in [4.69, 9.17) is 0 Å². The Kier molecular flexibility index (Phi) is 15.1. The monoisotopic (exact) mass is 1430 g/mol. The van der Waals surface area contributed by atoms with Crippen molar-refractivity contribution in [2.24, 2.45) is 0 Å². The molecule has 4 aliphatic rings. The number of nitrogens with zero attached hydrogens (tertiary/aromatic N) is 4. The predicted molar refractivity (Wildman–Crippen MR) is 475 cm³/mol. The Bertz CT molecular complexity index is 6340. The summed E-state index contributed by atoms with van der Waals surface area (Å²) < 4.78 is 5.13. The molecule has 2 aliphatic carbocycles.